The van der Waals surface area contributed by atoms with Crippen molar-refractivity contribution >= 4 is 27.3 Å². The molecule has 1 aliphatic rings. The highest BCUT2D eigenvalue weighted by Gasteiger charge is 2.40. The van der Waals surface area contributed by atoms with Crippen molar-refractivity contribution in [2.45, 2.75) is 57.3 Å². The number of benzene rings is 1. The topological polar surface area (TPSA) is 187 Å². The zero-order valence-corrected chi connectivity index (χ0v) is 31.9. The van der Waals surface area contributed by atoms with Crippen molar-refractivity contribution in [1.29, 1.82) is 0 Å². The molecule has 4 heterocycles. The fraction of sp³-hybridized carbons (Fsp3) is 0.405. The molecule has 2 N–H and O–H groups in total. The molecule has 0 spiro atoms. The molecule has 1 aliphatic heterocycles. The Labute approximate surface area is 322 Å². The Morgan fingerprint density at radius 3 is 2.45 bits per heavy atom. The van der Waals surface area contributed by atoms with Crippen LogP contribution in [0.5, 0.6) is 11.8 Å². The molecule has 3 aromatic heterocycles. The fourth-order valence-corrected chi connectivity index (χ4v) is 8.08. The van der Waals surface area contributed by atoms with Crippen LogP contribution in [0.3, 0.4) is 0 Å². The van der Waals surface area contributed by atoms with Crippen LogP contribution in [0.25, 0.3) is 11.3 Å². The summed E-state index contributed by atoms with van der Waals surface area (Å²) in [6, 6.07) is 13.9. The molecule has 0 aliphatic carbocycles. The van der Waals surface area contributed by atoms with E-state index in [4.69, 9.17) is 20.2 Å². The third kappa shape index (κ3) is 9.17. The second kappa shape index (κ2) is 18.0. The van der Waals surface area contributed by atoms with Gasteiger partial charge in [0.2, 0.25) is 21.8 Å². The number of nitrogens with zero attached hydrogens (tertiary/aromatic N) is 7. The summed E-state index contributed by atoms with van der Waals surface area (Å²) in [7, 11) is -4.50. The number of nitro benzene ring substituents is 1. The number of hydrogen-bond donors (Lipinski definition) is 1. The minimum Gasteiger partial charge on any atom is -0.478 e. The monoisotopic (exact) mass is 800 g/mol. The molecule has 0 unspecified atom stereocenters. The number of amides is 1. The van der Waals surface area contributed by atoms with E-state index in [1.165, 1.54) is 29.2 Å². The molecule has 300 valence electrons. The lowest BCUT2D eigenvalue weighted by atomic mass is 10.0. The lowest BCUT2D eigenvalue weighted by Gasteiger charge is -2.43. The Kier molecular flexibility index (Phi) is 13.4. The standard InChI is InChI=1S/C37H43F3N8O7S/c1-4-25-23-45(36(49)27-14-17-33(54-5-2)44-34(27)37(38,39)40)21-22-47(25)30-16-15-28(26-11-9-19-42-35(26)55-6-3)43-29(30)24-46(20-10-18-41)56(52,53)32-13-8-7-12-31(32)48(50)51/h7-9,11-17,19,25H,4-6,10,18,20-24,41H2,1-3H3/t25-/m1/s1. The van der Waals surface area contributed by atoms with E-state index < -0.39 is 54.9 Å². The van der Waals surface area contributed by atoms with Crippen LogP contribution in [0.4, 0.5) is 24.5 Å². The van der Waals surface area contributed by atoms with Gasteiger partial charge in [-0.2, -0.15) is 17.5 Å². The molecule has 56 heavy (non-hydrogen) atoms. The first kappa shape index (κ1) is 41.8. The zero-order chi connectivity index (χ0) is 40.6. The number of hydrogen-bond acceptors (Lipinski definition) is 12. The third-order valence-corrected chi connectivity index (χ3v) is 11.0. The Hall–Kier alpha value is -5.40. The number of nitrogens with two attached hydrogens (primary N) is 1. The van der Waals surface area contributed by atoms with Gasteiger partial charge in [0.25, 0.3) is 11.6 Å². The molecule has 0 radical (unpaired) electrons. The maximum Gasteiger partial charge on any atom is 0.434 e. The number of ether oxygens (including phenoxy) is 2. The molecule has 0 bridgehead atoms. The van der Waals surface area contributed by atoms with Crippen molar-refractivity contribution in [3.8, 4) is 23.0 Å². The highest BCUT2D eigenvalue weighted by Crippen LogP contribution is 2.36. The Morgan fingerprint density at radius 2 is 1.77 bits per heavy atom. The summed E-state index contributed by atoms with van der Waals surface area (Å²) in [4.78, 5) is 40.6. The average Bonchev–Trinajstić information content (AvgIpc) is 3.19. The number of piperazine rings is 1. The van der Waals surface area contributed by atoms with Gasteiger partial charge in [0.1, 0.15) is 0 Å². The summed E-state index contributed by atoms with van der Waals surface area (Å²) in [6.45, 7) is 5.59. The van der Waals surface area contributed by atoms with Crippen LogP contribution in [-0.4, -0.2) is 95.4 Å². The smallest absolute Gasteiger partial charge is 0.434 e. The fourth-order valence-electron chi connectivity index (χ4n) is 6.48. The second-order valence-corrected chi connectivity index (χ2v) is 14.5. The maximum absolute atomic E-state index is 14.3. The van der Waals surface area contributed by atoms with E-state index >= 15 is 0 Å². The van der Waals surface area contributed by atoms with Gasteiger partial charge in [0.05, 0.1) is 52.9 Å². The van der Waals surface area contributed by atoms with Gasteiger partial charge < -0.3 is 25.0 Å². The van der Waals surface area contributed by atoms with Crippen molar-refractivity contribution in [1.82, 2.24) is 24.2 Å². The lowest BCUT2D eigenvalue weighted by Crippen LogP contribution is -2.55. The Bertz CT molecular complexity index is 2140. The quantitative estimate of drug-likeness (QED) is 0.110. The molecule has 15 nitrogen and oxygen atoms in total. The first-order valence-electron chi connectivity index (χ1n) is 18.0. The molecular weight excluding hydrogens is 758 g/mol. The van der Waals surface area contributed by atoms with Crippen LogP contribution in [-0.2, 0) is 22.7 Å². The lowest BCUT2D eigenvalue weighted by molar-refractivity contribution is -0.387. The van der Waals surface area contributed by atoms with Crippen LogP contribution < -0.4 is 20.1 Å². The molecule has 1 amide bonds. The number of pyridine rings is 3. The highest BCUT2D eigenvalue weighted by molar-refractivity contribution is 7.89. The Morgan fingerprint density at radius 1 is 1.02 bits per heavy atom. The molecule has 0 saturated carbocycles. The van der Waals surface area contributed by atoms with E-state index in [-0.39, 0.29) is 63.9 Å². The summed E-state index contributed by atoms with van der Waals surface area (Å²) in [6.07, 6.45) is -2.68. The zero-order valence-electron chi connectivity index (χ0n) is 31.1. The molecule has 1 fully saturated rings. The average molecular weight is 801 g/mol. The van der Waals surface area contributed by atoms with Crippen molar-refractivity contribution in [2.75, 3.05) is 50.8 Å². The van der Waals surface area contributed by atoms with Crippen LogP contribution in [0.15, 0.2) is 71.8 Å². The van der Waals surface area contributed by atoms with E-state index in [0.29, 0.717) is 35.9 Å². The van der Waals surface area contributed by atoms with E-state index in [1.807, 2.05) is 11.8 Å². The van der Waals surface area contributed by atoms with Gasteiger partial charge in [-0.3, -0.25) is 14.9 Å². The minimum atomic E-state index is -4.92. The summed E-state index contributed by atoms with van der Waals surface area (Å²) < 4.78 is 82.9. The van der Waals surface area contributed by atoms with Gasteiger partial charge in [-0.25, -0.2) is 23.4 Å². The van der Waals surface area contributed by atoms with Gasteiger partial charge in [0.15, 0.2) is 10.6 Å². The summed E-state index contributed by atoms with van der Waals surface area (Å²) >= 11 is 0. The minimum absolute atomic E-state index is 0.0174. The molecular formula is C37H43F3N8O7S. The van der Waals surface area contributed by atoms with Crippen LogP contribution in [0, 0.1) is 10.1 Å². The molecule has 1 aromatic carbocycles. The van der Waals surface area contributed by atoms with Crippen molar-refractivity contribution in [3.63, 3.8) is 0 Å². The summed E-state index contributed by atoms with van der Waals surface area (Å²) in [5.74, 6) is -0.794. The highest BCUT2D eigenvalue weighted by atomic mass is 32.2. The van der Waals surface area contributed by atoms with E-state index in [9.17, 15) is 36.5 Å². The number of carbonyl (C=O) groups is 1. The number of alkyl halides is 3. The summed E-state index contributed by atoms with van der Waals surface area (Å²) in [5.41, 5.74) is 5.00. The maximum atomic E-state index is 14.3. The van der Waals surface area contributed by atoms with Crippen molar-refractivity contribution < 1.29 is 40.8 Å². The molecule has 1 atom stereocenters. The number of sulfonamides is 1. The number of aromatic nitrogens is 3. The van der Waals surface area contributed by atoms with Crippen molar-refractivity contribution in [2.24, 2.45) is 5.73 Å². The SMILES string of the molecule is CCOc1ccc(C(=O)N2CCN(c3ccc(-c4cccnc4OCC)nc3CN(CCCN)S(=O)(=O)c3ccccc3[N+](=O)[O-])[C@H](CC)C2)c(C(F)(F)F)n1. The van der Waals surface area contributed by atoms with Gasteiger partial charge in [0, 0.05) is 50.6 Å². The van der Waals surface area contributed by atoms with Gasteiger partial charge >= 0.3 is 6.18 Å². The third-order valence-electron chi connectivity index (χ3n) is 9.11. The first-order chi connectivity index (χ1) is 26.7. The van der Waals surface area contributed by atoms with Crippen molar-refractivity contribution in [3.05, 3.63) is 93.9 Å². The van der Waals surface area contributed by atoms with Gasteiger partial charge in [-0.05, 0) is 69.6 Å². The normalized spacial score (nSPS) is 14.9. The van der Waals surface area contributed by atoms with Crippen LogP contribution in [0.1, 0.15) is 55.4 Å². The number of nitro groups is 1. The predicted molar refractivity (Wildman–Crippen MR) is 201 cm³/mol. The Balaban J connectivity index is 1.57. The largest absolute Gasteiger partial charge is 0.478 e. The van der Waals surface area contributed by atoms with E-state index in [2.05, 4.69) is 9.97 Å². The summed E-state index contributed by atoms with van der Waals surface area (Å²) in [5, 5.41) is 11.9. The number of halogens is 3. The molecule has 1 saturated heterocycles. The van der Waals surface area contributed by atoms with E-state index in [1.54, 1.807) is 44.3 Å². The number of rotatable bonds is 16. The number of carbonyl (C=O) groups excluding carboxylic acids is 1. The van der Waals surface area contributed by atoms with Gasteiger partial charge in [-0.1, -0.05) is 19.1 Å². The number of para-hydroxylation sites is 1. The molecule has 5 rings (SSSR count). The number of anilines is 1. The van der Waals surface area contributed by atoms with E-state index in [0.717, 1.165) is 16.4 Å². The first-order valence-corrected chi connectivity index (χ1v) is 19.5. The molecule has 4 aromatic rings. The second-order valence-electron chi connectivity index (χ2n) is 12.6. The van der Waals surface area contributed by atoms with Gasteiger partial charge in [-0.15, -0.1) is 0 Å². The molecule has 19 heteroatoms. The van der Waals surface area contributed by atoms with Crippen LogP contribution >= 0.6 is 0 Å². The van der Waals surface area contributed by atoms with Crippen LogP contribution in [0.2, 0.25) is 0 Å². The predicted octanol–water partition coefficient (Wildman–Crippen LogP) is 5.54.